The average molecular weight is 298 g/mol. The van der Waals surface area contributed by atoms with Crippen LogP contribution in [0.4, 0.5) is 4.39 Å². The van der Waals surface area contributed by atoms with Crippen molar-refractivity contribution in [2.45, 2.75) is 6.92 Å². The maximum atomic E-state index is 12.7. The molecule has 0 heterocycles. The van der Waals surface area contributed by atoms with E-state index in [0.717, 1.165) is 0 Å². The molecule has 4 heteroatoms. The van der Waals surface area contributed by atoms with Crippen LogP contribution in [0.2, 0.25) is 0 Å². The van der Waals surface area contributed by atoms with Gasteiger partial charge in [-0.3, -0.25) is 0 Å². The summed E-state index contributed by atoms with van der Waals surface area (Å²) >= 11 is 6.41. The van der Waals surface area contributed by atoms with Gasteiger partial charge >= 0.3 is 0 Å². The van der Waals surface area contributed by atoms with E-state index in [1.54, 1.807) is 0 Å². The molecule has 1 aromatic carbocycles. The predicted molar refractivity (Wildman–Crippen MR) is 53.0 cm³/mol. The van der Waals surface area contributed by atoms with E-state index in [-0.39, 0.29) is 5.82 Å². The zero-order valence-electron chi connectivity index (χ0n) is 6.40. The normalized spacial score (nSPS) is 10.0. The lowest BCUT2D eigenvalue weighted by atomic mass is 10.3. The first-order valence-electron chi connectivity index (χ1n) is 3.42. The Hall–Kier alpha value is -0.0900. The minimum atomic E-state index is -0.294. The summed E-state index contributed by atoms with van der Waals surface area (Å²) in [7, 11) is 0. The fraction of sp³-hybridized carbons (Fsp3) is 0.250. The summed E-state index contributed by atoms with van der Waals surface area (Å²) in [6, 6.07) is 2.74. The molecule has 0 unspecified atom stereocenters. The Morgan fingerprint density at radius 2 is 1.83 bits per heavy atom. The third-order valence-corrected chi connectivity index (χ3v) is 2.43. The van der Waals surface area contributed by atoms with Crippen molar-refractivity contribution in [1.29, 1.82) is 0 Å². The Balaban J connectivity index is 3.10. The van der Waals surface area contributed by atoms with Gasteiger partial charge in [0.2, 0.25) is 0 Å². The standard InChI is InChI=1S/C8H7Br2FO/c1-2-12-8-6(9)3-5(11)4-7(8)10/h3-4H,2H2,1H3. The van der Waals surface area contributed by atoms with Crippen LogP contribution in [-0.4, -0.2) is 6.61 Å². The lowest BCUT2D eigenvalue weighted by Crippen LogP contribution is -1.94. The van der Waals surface area contributed by atoms with Gasteiger partial charge in [0.25, 0.3) is 0 Å². The first-order valence-corrected chi connectivity index (χ1v) is 5.01. The molecule has 0 amide bonds. The second kappa shape index (κ2) is 4.23. The van der Waals surface area contributed by atoms with Gasteiger partial charge in [-0.2, -0.15) is 0 Å². The van der Waals surface area contributed by atoms with Crippen molar-refractivity contribution in [3.63, 3.8) is 0 Å². The number of halogens is 3. The lowest BCUT2D eigenvalue weighted by Gasteiger charge is -2.07. The average Bonchev–Trinajstić information content (AvgIpc) is 1.96. The van der Waals surface area contributed by atoms with E-state index < -0.39 is 0 Å². The molecule has 0 saturated carbocycles. The quantitative estimate of drug-likeness (QED) is 0.808. The maximum Gasteiger partial charge on any atom is 0.147 e. The Kier molecular flexibility index (Phi) is 3.53. The Bertz CT molecular complexity index is 265. The maximum absolute atomic E-state index is 12.7. The zero-order chi connectivity index (χ0) is 9.14. The molecular weight excluding hydrogens is 291 g/mol. The number of benzene rings is 1. The van der Waals surface area contributed by atoms with Crippen molar-refractivity contribution in [3.8, 4) is 5.75 Å². The first-order chi connectivity index (χ1) is 5.65. The van der Waals surface area contributed by atoms with Crippen molar-refractivity contribution >= 4 is 31.9 Å². The van der Waals surface area contributed by atoms with Crippen LogP contribution in [0.3, 0.4) is 0 Å². The highest BCUT2D eigenvalue weighted by molar-refractivity contribution is 9.11. The monoisotopic (exact) mass is 296 g/mol. The Morgan fingerprint density at radius 1 is 1.33 bits per heavy atom. The van der Waals surface area contributed by atoms with Crippen LogP contribution in [-0.2, 0) is 0 Å². The number of hydrogen-bond acceptors (Lipinski definition) is 1. The number of ether oxygens (including phenoxy) is 1. The molecule has 66 valence electrons. The highest BCUT2D eigenvalue weighted by atomic mass is 79.9. The number of rotatable bonds is 2. The molecule has 0 aliphatic heterocycles. The molecular formula is C8H7Br2FO. The van der Waals surface area contributed by atoms with Crippen molar-refractivity contribution in [2.75, 3.05) is 6.61 Å². The highest BCUT2D eigenvalue weighted by Crippen LogP contribution is 2.34. The molecule has 0 aromatic heterocycles. The van der Waals surface area contributed by atoms with Crippen molar-refractivity contribution in [2.24, 2.45) is 0 Å². The molecule has 1 aromatic rings. The van der Waals surface area contributed by atoms with Crippen LogP contribution in [0.1, 0.15) is 6.92 Å². The topological polar surface area (TPSA) is 9.23 Å². The van der Waals surface area contributed by atoms with Crippen molar-refractivity contribution < 1.29 is 9.13 Å². The van der Waals surface area contributed by atoms with Gasteiger partial charge < -0.3 is 4.74 Å². The third-order valence-electron chi connectivity index (χ3n) is 1.25. The molecule has 0 aliphatic rings. The van der Waals surface area contributed by atoms with E-state index in [2.05, 4.69) is 31.9 Å². The van der Waals surface area contributed by atoms with E-state index in [9.17, 15) is 4.39 Å². The molecule has 0 N–H and O–H groups in total. The SMILES string of the molecule is CCOc1c(Br)cc(F)cc1Br. The van der Waals surface area contributed by atoms with Crippen molar-refractivity contribution in [3.05, 3.63) is 26.9 Å². The van der Waals surface area contributed by atoms with E-state index >= 15 is 0 Å². The zero-order valence-corrected chi connectivity index (χ0v) is 9.58. The van der Waals surface area contributed by atoms with Crippen LogP contribution in [0.25, 0.3) is 0 Å². The van der Waals surface area contributed by atoms with Gasteiger partial charge in [-0.05, 0) is 50.9 Å². The van der Waals surface area contributed by atoms with Crippen LogP contribution < -0.4 is 4.74 Å². The summed E-state index contributed by atoms with van der Waals surface area (Å²) in [4.78, 5) is 0. The molecule has 0 spiro atoms. The van der Waals surface area contributed by atoms with Gasteiger partial charge in [0.1, 0.15) is 11.6 Å². The molecule has 1 rings (SSSR count). The minimum absolute atomic E-state index is 0.294. The van der Waals surface area contributed by atoms with Gasteiger partial charge in [0, 0.05) is 0 Å². The summed E-state index contributed by atoms with van der Waals surface area (Å²) in [5, 5.41) is 0. The predicted octanol–water partition coefficient (Wildman–Crippen LogP) is 3.75. The van der Waals surface area contributed by atoms with Crippen LogP contribution in [0, 0.1) is 5.82 Å². The van der Waals surface area contributed by atoms with Crippen LogP contribution >= 0.6 is 31.9 Å². The molecule has 0 fully saturated rings. The second-order valence-electron chi connectivity index (χ2n) is 2.13. The summed E-state index contributed by atoms with van der Waals surface area (Å²) in [5.41, 5.74) is 0. The molecule has 0 aliphatic carbocycles. The first kappa shape index (κ1) is 9.99. The third kappa shape index (κ3) is 2.20. The van der Waals surface area contributed by atoms with Gasteiger partial charge in [-0.15, -0.1) is 0 Å². The Labute approximate surface area is 87.2 Å². The lowest BCUT2D eigenvalue weighted by molar-refractivity contribution is 0.335. The molecule has 1 nitrogen and oxygen atoms in total. The fourth-order valence-corrected chi connectivity index (χ4v) is 2.17. The molecule has 0 saturated heterocycles. The van der Waals surface area contributed by atoms with Crippen LogP contribution in [0.15, 0.2) is 21.1 Å². The van der Waals surface area contributed by atoms with E-state index in [0.29, 0.717) is 21.3 Å². The van der Waals surface area contributed by atoms with Crippen molar-refractivity contribution in [1.82, 2.24) is 0 Å². The summed E-state index contributed by atoms with van der Waals surface area (Å²) in [6.45, 7) is 2.44. The van der Waals surface area contributed by atoms with Gasteiger partial charge in [-0.25, -0.2) is 4.39 Å². The van der Waals surface area contributed by atoms with Crippen LogP contribution in [0.5, 0.6) is 5.75 Å². The summed E-state index contributed by atoms with van der Waals surface area (Å²) in [5.74, 6) is 0.344. The van der Waals surface area contributed by atoms with Gasteiger partial charge in [0.05, 0.1) is 15.6 Å². The number of hydrogen-bond donors (Lipinski definition) is 0. The largest absolute Gasteiger partial charge is 0.492 e. The molecule has 0 radical (unpaired) electrons. The summed E-state index contributed by atoms with van der Waals surface area (Å²) < 4.78 is 19.2. The minimum Gasteiger partial charge on any atom is -0.492 e. The molecule has 12 heavy (non-hydrogen) atoms. The summed E-state index contributed by atoms with van der Waals surface area (Å²) in [6.07, 6.45) is 0. The highest BCUT2D eigenvalue weighted by Gasteiger charge is 2.07. The van der Waals surface area contributed by atoms with Gasteiger partial charge in [-0.1, -0.05) is 0 Å². The van der Waals surface area contributed by atoms with E-state index in [4.69, 9.17) is 4.74 Å². The smallest absolute Gasteiger partial charge is 0.147 e. The van der Waals surface area contributed by atoms with E-state index in [1.165, 1.54) is 12.1 Å². The fourth-order valence-electron chi connectivity index (χ4n) is 0.811. The second-order valence-corrected chi connectivity index (χ2v) is 3.84. The van der Waals surface area contributed by atoms with E-state index in [1.807, 2.05) is 6.92 Å². The Morgan fingerprint density at radius 3 is 2.25 bits per heavy atom. The van der Waals surface area contributed by atoms with Gasteiger partial charge in [0.15, 0.2) is 0 Å². The molecule has 0 atom stereocenters. The molecule has 0 bridgehead atoms.